The van der Waals surface area contributed by atoms with Crippen LogP contribution in [0.3, 0.4) is 0 Å². The first-order valence-electron chi connectivity index (χ1n) is 28.2. The fourth-order valence-corrected chi connectivity index (χ4v) is 10.3. The molecule has 2 aromatic carbocycles. The van der Waals surface area contributed by atoms with Gasteiger partial charge < -0.3 is 68.9 Å². The minimum Gasteiger partial charge on any atom is -0.481 e. The summed E-state index contributed by atoms with van der Waals surface area (Å²) in [6.07, 6.45) is 0.320. The van der Waals surface area contributed by atoms with E-state index in [4.69, 9.17) is 11.5 Å². The van der Waals surface area contributed by atoms with Gasteiger partial charge in [-0.15, -0.1) is 0 Å². The van der Waals surface area contributed by atoms with Gasteiger partial charge in [0.15, 0.2) is 5.96 Å². The summed E-state index contributed by atoms with van der Waals surface area (Å²) in [5.41, 5.74) is 12.5. The van der Waals surface area contributed by atoms with Crippen LogP contribution in [0, 0.1) is 17.8 Å². The van der Waals surface area contributed by atoms with Gasteiger partial charge in [0, 0.05) is 32.5 Å². The molecule has 3 aliphatic rings. The second kappa shape index (κ2) is 30.6. The lowest BCUT2D eigenvalue weighted by atomic mass is 9.99. The third-order valence-corrected chi connectivity index (χ3v) is 14.6. The van der Waals surface area contributed by atoms with E-state index in [0.717, 1.165) is 0 Å². The molecule has 82 heavy (non-hydrogen) atoms. The van der Waals surface area contributed by atoms with E-state index < -0.39 is 144 Å². The summed E-state index contributed by atoms with van der Waals surface area (Å²) in [5, 5.41) is 31.4. The Morgan fingerprint density at radius 1 is 0.549 bits per heavy atom. The van der Waals surface area contributed by atoms with Crippen LogP contribution in [0.25, 0.3) is 0 Å². The molecule has 10 atom stereocenters. The first kappa shape index (κ1) is 64.7. The number of nitrogens with zero attached hydrogens (tertiary/aromatic N) is 3. The van der Waals surface area contributed by atoms with Crippen LogP contribution in [0.15, 0.2) is 65.7 Å². The molecule has 25 heteroatoms. The van der Waals surface area contributed by atoms with Gasteiger partial charge in [-0.25, -0.2) is 0 Å². The Hall–Kier alpha value is -8.12. The number of guanidine groups is 1. The lowest BCUT2D eigenvalue weighted by molar-refractivity contribution is -0.143. The van der Waals surface area contributed by atoms with Gasteiger partial charge in [0.2, 0.25) is 59.1 Å². The number of carbonyl (C=O) groups excluding carboxylic acids is 10. The molecule has 3 fully saturated rings. The van der Waals surface area contributed by atoms with E-state index in [0.29, 0.717) is 24.0 Å². The molecule has 5 rings (SSSR count). The maximum Gasteiger partial charge on any atom is 0.305 e. The summed E-state index contributed by atoms with van der Waals surface area (Å²) in [6.45, 7) is 11.8. The van der Waals surface area contributed by atoms with Crippen molar-refractivity contribution in [2.24, 2.45) is 34.2 Å². The molecule has 25 nitrogen and oxygen atoms in total. The number of nitrogens with one attached hydrogen (secondary N) is 8. The Balaban J connectivity index is 1.57. The zero-order valence-corrected chi connectivity index (χ0v) is 47.9. The van der Waals surface area contributed by atoms with E-state index in [1.54, 1.807) is 88.4 Å². The van der Waals surface area contributed by atoms with Gasteiger partial charge in [-0.1, -0.05) is 102 Å². The molecule has 0 saturated carbocycles. The maximum atomic E-state index is 14.9. The number of fused-ring (bicyclic) bond motifs is 2. The summed E-state index contributed by atoms with van der Waals surface area (Å²) < 4.78 is 0. The van der Waals surface area contributed by atoms with Crippen molar-refractivity contribution in [3.8, 4) is 0 Å². The molecule has 0 unspecified atom stereocenters. The summed E-state index contributed by atoms with van der Waals surface area (Å²) >= 11 is 0. The van der Waals surface area contributed by atoms with Crippen molar-refractivity contribution in [1.82, 2.24) is 52.3 Å². The largest absolute Gasteiger partial charge is 0.481 e. The Morgan fingerprint density at radius 2 is 0.963 bits per heavy atom. The Morgan fingerprint density at radius 3 is 1.40 bits per heavy atom. The Kier molecular flexibility index (Phi) is 24.2. The van der Waals surface area contributed by atoms with E-state index in [9.17, 15) is 57.8 Å². The summed E-state index contributed by atoms with van der Waals surface area (Å²) in [5.74, 6) is -10.9. The van der Waals surface area contributed by atoms with E-state index in [-0.39, 0.29) is 76.5 Å². The molecule has 448 valence electrons. The fourth-order valence-electron chi connectivity index (χ4n) is 10.3. The van der Waals surface area contributed by atoms with Crippen molar-refractivity contribution >= 4 is 71.0 Å². The standard InChI is InChI=1S/C57H83N13O12/c1-31(2)27-38-50(76)66-41(29-36-19-12-9-13-20-36)56(82)70-26-16-23-43(70)52(78)68-46(33(5)6)54(80)64-39(30-44(71)72)49(75)61-34(7)47(73)65-40(28-35-17-10-8-11-18-35)55(81)69-25-15-22-42(69)51(77)67-45(32(3)4)53(79)62-37(48(74)63-38)21-14-24-60-57(58)59/h8-13,17-20,31-34,37-43,45-46H,14-16,21-30H2,1-7H3,(H,61,75)(H,62,79)(H,63,74)(H,64,80)(H,65,73)(H,66,76)(H,67,77)(H,68,78)(H,71,72)(H4,58,59,60)/t34-,37-,38-,39-,40+,41+,42-,43-,45-,46-/m0/s1. The number of hydrogen-bond donors (Lipinski definition) is 11. The van der Waals surface area contributed by atoms with Crippen molar-refractivity contribution in [1.29, 1.82) is 0 Å². The highest BCUT2D eigenvalue weighted by Crippen LogP contribution is 2.23. The number of amides is 10. The third-order valence-electron chi connectivity index (χ3n) is 14.6. The van der Waals surface area contributed by atoms with Crippen molar-refractivity contribution in [3.63, 3.8) is 0 Å². The molecular formula is C57H83N13O12. The average molecular weight is 1140 g/mol. The quantitative estimate of drug-likeness (QED) is 0.0631. The molecule has 2 aromatic rings. The van der Waals surface area contributed by atoms with Crippen molar-refractivity contribution in [2.45, 2.75) is 173 Å². The summed E-state index contributed by atoms with van der Waals surface area (Å²) in [6, 6.07) is 4.27. The average Bonchev–Trinajstić information content (AvgIpc) is 4.13. The topological polar surface area (TPSA) is 375 Å². The fraction of sp³-hybridized carbons (Fsp3) is 0.579. The lowest BCUT2D eigenvalue weighted by Gasteiger charge is -2.32. The van der Waals surface area contributed by atoms with Crippen LogP contribution in [0.1, 0.15) is 111 Å². The second-order valence-corrected chi connectivity index (χ2v) is 22.4. The molecule has 3 heterocycles. The van der Waals surface area contributed by atoms with E-state index >= 15 is 0 Å². The molecule has 3 aliphatic heterocycles. The Bertz CT molecular complexity index is 2630. The molecule has 3 saturated heterocycles. The molecule has 0 spiro atoms. The SMILES string of the molecule is CC(C)C[C@@H]1NC(=O)[C@H](CCCN=C(N)N)NC(=O)[C@H](C(C)C)NC(=O)[C@@H]2CCCN2C(=O)[C@@H](Cc2ccccc2)NC(=O)[C@H](C)NC(=O)[C@H](CC(=O)O)NC(=O)[C@H](C(C)C)NC(=O)[C@@H]2CCCN2C(=O)[C@@H](Cc2ccccc2)NC1=O. The number of hydrogen-bond acceptors (Lipinski definition) is 12. The smallest absolute Gasteiger partial charge is 0.305 e. The molecule has 0 aromatic heterocycles. The van der Waals surface area contributed by atoms with Crippen LogP contribution in [0.5, 0.6) is 0 Å². The van der Waals surface area contributed by atoms with Gasteiger partial charge in [0.05, 0.1) is 6.42 Å². The van der Waals surface area contributed by atoms with E-state index in [1.807, 2.05) is 13.8 Å². The second-order valence-electron chi connectivity index (χ2n) is 22.4. The van der Waals surface area contributed by atoms with Crippen molar-refractivity contribution in [3.05, 3.63) is 71.8 Å². The molecule has 0 aliphatic carbocycles. The predicted molar refractivity (Wildman–Crippen MR) is 302 cm³/mol. The van der Waals surface area contributed by atoms with Crippen LogP contribution >= 0.6 is 0 Å². The van der Waals surface area contributed by atoms with Crippen LogP contribution in [0.4, 0.5) is 0 Å². The van der Waals surface area contributed by atoms with E-state index in [2.05, 4.69) is 47.5 Å². The van der Waals surface area contributed by atoms with Crippen LogP contribution in [-0.4, -0.2) is 166 Å². The van der Waals surface area contributed by atoms with Gasteiger partial charge in [-0.05, 0) is 80.8 Å². The zero-order chi connectivity index (χ0) is 60.4. The number of carbonyl (C=O) groups is 11. The number of carboxylic acids is 1. The molecule has 0 radical (unpaired) electrons. The molecular weight excluding hydrogens is 1060 g/mol. The lowest BCUT2D eigenvalue weighted by Crippen LogP contribution is -2.62. The number of aliphatic imine (C=N–C) groups is 1. The number of aliphatic carboxylic acids is 1. The number of carboxylic acid groups (broad SMARTS) is 1. The predicted octanol–water partition coefficient (Wildman–Crippen LogP) is -0.748. The number of rotatable bonds is 14. The van der Waals surface area contributed by atoms with Crippen molar-refractivity contribution in [2.75, 3.05) is 19.6 Å². The van der Waals surface area contributed by atoms with Gasteiger partial charge in [0.1, 0.15) is 60.4 Å². The maximum absolute atomic E-state index is 14.9. The molecule has 0 bridgehead atoms. The number of nitrogens with two attached hydrogens (primary N) is 2. The molecule has 13 N–H and O–H groups in total. The highest BCUT2D eigenvalue weighted by molar-refractivity contribution is 6.00. The van der Waals surface area contributed by atoms with E-state index in [1.165, 1.54) is 16.7 Å². The molecule has 10 amide bonds. The highest BCUT2D eigenvalue weighted by Gasteiger charge is 2.43. The van der Waals surface area contributed by atoms with Crippen LogP contribution in [-0.2, 0) is 65.6 Å². The van der Waals surface area contributed by atoms with Gasteiger partial charge in [-0.2, -0.15) is 0 Å². The van der Waals surface area contributed by atoms with Crippen molar-refractivity contribution < 1.29 is 57.8 Å². The van der Waals surface area contributed by atoms with Crippen LogP contribution in [0.2, 0.25) is 0 Å². The third kappa shape index (κ3) is 18.7. The normalized spacial score (nSPS) is 26.3. The summed E-state index contributed by atoms with van der Waals surface area (Å²) in [4.78, 5) is 163. The van der Waals surface area contributed by atoms with Gasteiger partial charge in [0.25, 0.3) is 0 Å². The first-order chi connectivity index (χ1) is 38.8. The Labute approximate surface area is 478 Å². The van der Waals surface area contributed by atoms with Gasteiger partial charge >= 0.3 is 5.97 Å². The minimum absolute atomic E-state index is 0.0272. The highest BCUT2D eigenvalue weighted by atomic mass is 16.4. The van der Waals surface area contributed by atoms with Gasteiger partial charge in [-0.3, -0.25) is 57.7 Å². The minimum atomic E-state index is -1.76. The van der Waals surface area contributed by atoms with Crippen LogP contribution < -0.4 is 54.0 Å². The first-order valence-corrected chi connectivity index (χ1v) is 28.2. The summed E-state index contributed by atoms with van der Waals surface area (Å²) in [7, 11) is 0. The monoisotopic (exact) mass is 1140 g/mol. The number of benzene rings is 2. The zero-order valence-electron chi connectivity index (χ0n) is 47.9.